The number of carbonyl (C=O) groups is 2. The molecule has 1 heterocycles. The van der Waals surface area contributed by atoms with Gasteiger partial charge in [-0.2, -0.15) is 0 Å². The van der Waals surface area contributed by atoms with Crippen LogP contribution in [0, 0.1) is 10.6 Å². The second kappa shape index (κ2) is 11.1. The number of rotatable bonds is 11. The number of carbonyl (C=O) groups excluding carboxylic acids is 1. The predicted molar refractivity (Wildman–Crippen MR) is 106 cm³/mol. The van der Waals surface area contributed by atoms with Gasteiger partial charge in [0.2, 0.25) is 5.91 Å². The van der Waals surface area contributed by atoms with Gasteiger partial charge in [-0.3, -0.25) is 9.59 Å². The van der Waals surface area contributed by atoms with Crippen LogP contribution >= 0.6 is 12.2 Å². The molecule has 1 aromatic rings. The van der Waals surface area contributed by atoms with Crippen LogP contribution in [0.1, 0.15) is 44.7 Å². The van der Waals surface area contributed by atoms with E-state index in [1.807, 2.05) is 37.0 Å². The van der Waals surface area contributed by atoms with Gasteiger partial charge in [-0.05, 0) is 57.5 Å². The van der Waals surface area contributed by atoms with Crippen LogP contribution < -0.4 is 5.32 Å². The van der Waals surface area contributed by atoms with Gasteiger partial charge < -0.3 is 19.9 Å². The Morgan fingerprint density at radius 1 is 1.31 bits per heavy atom. The van der Waals surface area contributed by atoms with Crippen molar-refractivity contribution in [2.45, 2.75) is 45.6 Å². The van der Waals surface area contributed by atoms with Crippen molar-refractivity contribution in [1.82, 2.24) is 14.8 Å². The molecule has 6 nitrogen and oxygen atoms in total. The highest BCUT2D eigenvalue weighted by Crippen LogP contribution is 2.20. The van der Waals surface area contributed by atoms with Crippen LogP contribution in [-0.4, -0.2) is 53.6 Å². The van der Waals surface area contributed by atoms with Gasteiger partial charge in [0, 0.05) is 12.7 Å². The third-order valence-corrected chi connectivity index (χ3v) is 4.39. The number of pyridine rings is 1. The van der Waals surface area contributed by atoms with E-state index < -0.39 is 12.0 Å². The van der Waals surface area contributed by atoms with Crippen LogP contribution in [-0.2, 0) is 16.0 Å². The number of carboxylic acid groups (broad SMARTS) is 1. The number of carboxylic acids is 1. The Balaban J connectivity index is 2.95. The molecule has 0 bridgehead atoms. The number of aromatic nitrogens is 1. The molecule has 0 aliphatic carbocycles. The lowest BCUT2D eigenvalue weighted by atomic mass is 10.0. The van der Waals surface area contributed by atoms with Crippen molar-refractivity contribution in [2.24, 2.45) is 5.92 Å². The van der Waals surface area contributed by atoms with Crippen molar-refractivity contribution in [1.29, 1.82) is 0 Å². The maximum Gasteiger partial charge on any atom is 0.305 e. The lowest BCUT2D eigenvalue weighted by Crippen LogP contribution is -2.35. The summed E-state index contributed by atoms with van der Waals surface area (Å²) in [7, 11) is 4.10. The first kappa shape index (κ1) is 22.3. The molecule has 0 fully saturated rings. The van der Waals surface area contributed by atoms with Crippen LogP contribution in [0.4, 0.5) is 0 Å². The number of nitrogens with one attached hydrogen (secondary N) is 1. The normalized spacial score (nSPS) is 12.4. The van der Waals surface area contributed by atoms with E-state index in [0.717, 1.165) is 24.9 Å². The van der Waals surface area contributed by atoms with Gasteiger partial charge in [0.1, 0.15) is 10.7 Å². The van der Waals surface area contributed by atoms with E-state index in [9.17, 15) is 9.59 Å². The molecule has 0 aromatic carbocycles. The first-order valence-corrected chi connectivity index (χ1v) is 9.46. The minimum Gasteiger partial charge on any atom is -0.481 e. The average Bonchev–Trinajstić information content (AvgIpc) is 2.53. The van der Waals surface area contributed by atoms with Crippen molar-refractivity contribution in [3.05, 3.63) is 28.5 Å². The number of amides is 1. The summed E-state index contributed by atoms with van der Waals surface area (Å²) in [6.07, 6.45) is 4.48. The molecule has 26 heavy (non-hydrogen) atoms. The van der Waals surface area contributed by atoms with E-state index in [2.05, 4.69) is 24.1 Å². The van der Waals surface area contributed by atoms with Gasteiger partial charge in [0.05, 0.1) is 6.42 Å². The van der Waals surface area contributed by atoms with Crippen LogP contribution in [0.25, 0.3) is 0 Å². The molecule has 1 aromatic heterocycles. The minimum atomic E-state index is -0.926. The van der Waals surface area contributed by atoms with Crippen molar-refractivity contribution in [3.8, 4) is 0 Å². The van der Waals surface area contributed by atoms with Gasteiger partial charge in [-0.25, -0.2) is 0 Å². The Morgan fingerprint density at radius 2 is 2.00 bits per heavy atom. The minimum absolute atomic E-state index is 0.0872. The highest BCUT2D eigenvalue weighted by molar-refractivity contribution is 7.71. The molecule has 0 aliphatic rings. The maximum absolute atomic E-state index is 12.6. The second-order valence-electron chi connectivity index (χ2n) is 7.27. The number of hydrogen-bond acceptors (Lipinski definition) is 4. The van der Waals surface area contributed by atoms with Gasteiger partial charge >= 0.3 is 5.97 Å². The summed E-state index contributed by atoms with van der Waals surface area (Å²) >= 11 is 5.45. The Bertz CT molecular complexity index is 656. The first-order chi connectivity index (χ1) is 12.2. The van der Waals surface area contributed by atoms with Crippen LogP contribution in [0.3, 0.4) is 0 Å². The van der Waals surface area contributed by atoms with Crippen LogP contribution in [0.15, 0.2) is 18.3 Å². The molecular weight excluding hydrogens is 350 g/mol. The third kappa shape index (κ3) is 8.10. The molecule has 0 saturated carbocycles. The summed E-state index contributed by atoms with van der Waals surface area (Å²) in [5.74, 6) is -0.795. The molecule has 1 amide bonds. The molecule has 1 rings (SSSR count). The summed E-state index contributed by atoms with van der Waals surface area (Å²) in [5, 5.41) is 11.5. The highest BCUT2D eigenvalue weighted by atomic mass is 32.1. The zero-order valence-corrected chi connectivity index (χ0v) is 17.0. The molecule has 0 saturated heterocycles. The van der Waals surface area contributed by atoms with Gasteiger partial charge in [0.25, 0.3) is 0 Å². The van der Waals surface area contributed by atoms with E-state index in [-0.39, 0.29) is 18.9 Å². The molecule has 146 valence electrons. The maximum atomic E-state index is 12.6. The van der Waals surface area contributed by atoms with Gasteiger partial charge in [-0.15, -0.1) is 0 Å². The van der Waals surface area contributed by atoms with E-state index in [1.165, 1.54) is 0 Å². The molecule has 1 atom stereocenters. The monoisotopic (exact) mass is 381 g/mol. The lowest BCUT2D eigenvalue weighted by Gasteiger charge is -2.23. The number of hydrogen-bond donors (Lipinski definition) is 2. The zero-order chi connectivity index (χ0) is 19.7. The standard InChI is InChI=1S/C19H31N3O3S/c1-14(2)12-16(19(25)20-10-9-18(23)24)22-13-15(7-8-17(22)26)6-5-11-21(3)4/h7-8,13-14,16H,5-6,9-12H2,1-4H3,(H,20,25)(H,23,24). The summed E-state index contributed by atoms with van der Waals surface area (Å²) in [4.78, 5) is 25.5. The molecule has 0 radical (unpaired) electrons. The Morgan fingerprint density at radius 3 is 2.58 bits per heavy atom. The van der Waals surface area contributed by atoms with E-state index >= 15 is 0 Å². The molecule has 0 spiro atoms. The smallest absolute Gasteiger partial charge is 0.305 e. The van der Waals surface area contributed by atoms with Gasteiger partial charge in [-0.1, -0.05) is 32.1 Å². The summed E-state index contributed by atoms with van der Waals surface area (Å²) in [5.41, 5.74) is 1.15. The fraction of sp³-hybridized carbons (Fsp3) is 0.632. The predicted octanol–water partition coefficient (Wildman–Crippen LogP) is 2.89. The van der Waals surface area contributed by atoms with E-state index in [0.29, 0.717) is 17.0 Å². The van der Waals surface area contributed by atoms with Crippen LogP contribution in [0.5, 0.6) is 0 Å². The number of aliphatic carboxylic acids is 1. The van der Waals surface area contributed by atoms with Crippen molar-refractivity contribution < 1.29 is 14.7 Å². The number of nitrogens with zero attached hydrogens (tertiary/aromatic N) is 2. The largest absolute Gasteiger partial charge is 0.481 e. The fourth-order valence-corrected chi connectivity index (χ4v) is 2.99. The van der Waals surface area contributed by atoms with Crippen molar-refractivity contribution >= 4 is 24.1 Å². The van der Waals surface area contributed by atoms with Crippen LogP contribution in [0.2, 0.25) is 0 Å². The number of aryl methyl sites for hydroxylation is 1. The third-order valence-electron chi connectivity index (χ3n) is 4.04. The second-order valence-corrected chi connectivity index (χ2v) is 7.69. The topological polar surface area (TPSA) is 74.6 Å². The fourth-order valence-electron chi connectivity index (χ4n) is 2.74. The summed E-state index contributed by atoms with van der Waals surface area (Å²) in [6.45, 7) is 5.24. The molecule has 0 aliphatic heterocycles. The summed E-state index contributed by atoms with van der Waals surface area (Å²) < 4.78 is 2.47. The van der Waals surface area contributed by atoms with Gasteiger partial charge in [0.15, 0.2) is 0 Å². The highest BCUT2D eigenvalue weighted by Gasteiger charge is 2.22. The summed E-state index contributed by atoms with van der Waals surface area (Å²) in [6, 6.07) is 3.46. The Hall–Kier alpha value is -1.73. The average molecular weight is 382 g/mol. The molecule has 1 unspecified atom stereocenters. The lowest BCUT2D eigenvalue weighted by molar-refractivity contribution is -0.137. The zero-order valence-electron chi connectivity index (χ0n) is 16.2. The Labute approximate surface area is 161 Å². The first-order valence-electron chi connectivity index (χ1n) is 9.06. The quantitative estimate of drug-likeness (QED) is 0.577. The SMILES string of the molecule is CC(C)CC(C(=O)NCCC(=O)O)n1cc(CCCN(C)C)ccc1=S. The molecule has 7 heteroatoms. The van der Waals surface area contributed by atoms with E-state index in [1.54, 1.807) is 0 Å². The molecular formula is C19H31N3O3S. The molecule has 2 N–H and O–H groups in total. The van der Waals surface area contributed by atoms with E-state index in [4.69, 9.17) is 17.3 Å². The van der Waals surface area contributed by atoms with Crippen molar-refractivity contribution in [3.63, 3.8) is 0 Å². The van der Waals surface area contributed by atoms with Crippen molar-refractivity contribution in [2.75, 3.05) is 27.2 Å². The Kier molecular flexibility index (Phi) is 9.51.